The minimum absolute atomic E-state index is 0.0418. The number of nitrogen functional groups attached to an aromatic ring is 1. The highest BCUT2D eigenvalue weighted by Crippen LogP contribution is 2.36. The summed E-state index contributed by atoms with van der Waals surface area (Å²) in [6.07, 6.45) is 0. The van der Waals surface area contributed by atoms with Crippen LogP contribution in [0.1, 0.15) is 5.56 Å². The van der Waals surface area contributed by atoms with E-state index in [9.17, 15) is 13.2 Å². The van der Waals surface area contributed by atoms with Gasteiger partial charge in [-0.2, -0.15) is 0 Å². The van der Waals surface area contributed by atoms with E-state index >= 15 is 0 Å². The second-order valence-electron chi connectivity index (χ2n) is 3.10. The van der Waals surface area contributed by atoms with Gasteiger partial charge in [0.1, 0.15) is 0 Å². The Morgan fingerprint density at radius 2 is 2.00 bits per heavy atom. The molecule has 0 atom stereocenters. The third-order valence-corrected chi connectivity index (χ3v) is 3.64. The fourth-order valence-electron chi connectivity index (χ4n) is 1.51. The smallest absolute Gasteiger partial charge is 0.337 e. The van der Waals surface area contributed by atoms with Crippen LogP contribution in [0.15, 0.2) is 28.5 Å². The minimum Gasteiger partial charge on any atom is -0.478 e. The number of rotatable bonds is 1. The molecule has 0 aliphatic carbocycles. The Bertz CT molecular complexity index is 586. The van der Waals surface area contributed by atoms with Crippen molar-refractivity contribution in [3.8, 4) is 0 Å². The van der Waals surface area contributed by atoms with Gasteiger partial charge in [0.15, 0.2) is 0 Å². The van der Waals surface area contributed by atoms with Crippen molar-refractivity contribution in [2.24, 2.45) is 0 Å². The van der Waals surface area contributed by atoms with E-state index in [-0.39, 0.29) is 21.7 Å². The average molecular weight is 225 g/mol. The zero-order valence-corrected chi connectivity index (χ0v) is 8.28. The van der Waals surface area contributed by atoms with Gasteiger partial charge in [-0.05, 0) is 12.1 Å². The van der Waals surface area contributed by atoms with Crippen LogP contribution < -0.4 is 5.73 Å². The molecule has 5 nitrogen and oxygen atoms in total. The number of carbonyl (C=O) groups is 1. The van der Waals surface area contributed by atoms with Crippen molar-refractivity contribution in [1.82, 2.24) is 0 Å². The molecule has 15 heavy (non-hydrogen) atoms. The molecule has 1 aromatic carbocycles. The summed E-state index contributed by atoms with van der Waals surface area (Å²) in [6.45, 7) is 0. The topological polar surface area (TPSA) is 97.5 Å². The van der Waals surface area contributed by atoms with Gasteiger partial charge in [-0.3, -0.25) is 0 Å². The molecule has 0 saturated carbocycles. The van der Waals surface area contributed by atoms with Crippen LogP contribution >= 0.6 is 0 Å². The first-order valence-electron chi connectivity index (χ1n) is 4.02. The van der Waals surface area contributed by atoms with Crippen molar-refractivity contribution in [3.05, 3.63) is 29.2 Å². The van der Waals surface area contributed by atoms with E-state index in [1.165, 1.54) is 18.2 Å². The van der Waals surface area contributed by atoms with Crippen LogP contribution in [0.3, 0.4) is 0 Å². The summed E-state index contributed by atoms with van der Waals surface area (Å²) < 4.78 is 23.0. The number of carboxylic acid groups (broad SMARTS) is 1. The molecule has 0 fully saturated rings. The predicted molar refractivity (Wildman–Crippen MR) is 53.7 cm³/mol. The molecular formula is C9H7NO4S. The number of fused-ring (bicyclic) bond motifs is 1. The maximum Gasteiger partial charge on any atom is 0.337 e. The van der Waals surface area contributed by atoms with E-state index in [4.69, 9.17) is 10.8 Å². The van der Waals surface area contributed by atoms with Crippen molar-refractivity contribution >= 4 is 27.1 Å². The number of hydrogen-bond donors (Lipinski definition) is 2. The van der Waals surface area contributed by atoms with Crippen LogP contribution in [-0.2, 0) is 14.6 Å². The molecule has 1 aliphatic heterocycles. The van der Waals surface area contributed by atoms with Crippen LogP contribution in [0, 0.1) is 0 Å². The number of anilines is 1. The van der Waals surface area contributed by atoms with Crippen molar-refractivity contribution < 1.29 is 18.3 Å². The van der Waals surface area contributed by atoms with Gasteiger partial charge < -0.3 is 10.8 Å². The number of hydrogen-bond acceptors (Lipinski definition) is 4. The zero-order valence-electron chi connectivity index (χ0n) is 7.47. The Hall–Kier alpha value is -1.82. The highest BCUT2D eigenvalue weighted by atomic mass is 32.2. The molecule has 0 unspecified atom stereocenters. The Kier molecular flexibility index (Phi) is 1.84. The summed E-state index contributed by atoms with van der Waals surface area (Å²) in [4.78, 5) is 10.8. The highest BCUT2D eigenvalue weighted by molar-refractivity contribution is 7.95. The van der Waals surface area contributed by atoms with Crippen LogP contribution in [0.5, 0.6) is 0 Å². The summed E-state index contributed by atoms with van der Waals surface area (Å²) in [5.74, 6) is -1.30. The Balaban J connectivity index is 2.86. The maximum absolute atomic E-state index is 11.5. The van der Waals surface area contributed by atoms with E-state index < -0.39 is 15.8 Å². The first kappa shape index (κ1) is 9.72. The molecule has 0 spiro atoms. The molecule has 0 amide bonds. The van der Waals surface area contributed by atoms with Gasteiger partial charge in [0.2, 0.25) is 9.84 Å². The van der Waals surface area contributed by atoms with Gasteiger partial charge in [-0.1, -0.05) is 6.07 Å². The molecule has 0 aromatic heterocycles. The summed E-state index contributed by atoms with van der Waals surface area (Å²) in [5.41, 5.74) is 5.52. The quantitative estimate of drug-likeness (QED) is 0.677. The third-order valence-electron chi connectivity index (χ3n) is 2.14. The molecule has 1 aliphatic rings. The Labute approximate surface area is 85.8 Å². The zero-order chi connectivity index (χ0) is 11.2. The monoisotopic (exact) mass is 225 g/mol. The second kappa shape index (κ2) is 2.83. The number of benzene rings is 1. The van der Waals surface area contributed by atoms with E-state index in [2.05, 4.69) is 0 Å². The maximum atomic E-state index is 11.5. The lowest BCUT2D eigenvalue weighted by molar-refractivity contribution is -0.130. The molecule has 0 radical (unpaired) electrons. The first-order valence-corrected chi connectivity index (χ1v) is 5.57. The lowest BCUT2D eigenvalue weighted by Gasteiger charge is -2.03. The first-order chi connectivity index (χ1) is 6.93. The van der Waals surface area contributed by atoms with E-state index in [1.54, 1.807) is 0 Å². The van der Waals surface area contributed by atoms with E-state index in [0.717, 1.165) is 5.41 Å². The molecule has 78 valence electrons. The summed E-state index contributed by atoms with van der Waals surface area (Å²) in [5, 5.41) is 9.56. The van der Waals surface area contributed by atoms with Crippen molar-refractivity contribution in [1.29, 1.82) is 0 Å². The number of aliphatic carboxylic acids is 1. The van der Waals surface area contributed by atoms with Gasteiger partial charge in [0.05, 0.1) is 15.9 Å². The standard InChI is InChI=1S/C9H7NO4S/c10-6-2-1-3-7-8(6)5(9(11)12)4-15(7,13)14/h1-4H,10H2,(H,11,12). The van der Waals surface area contributed by atoms with Crippen molar-refractivity contribution in [2.75, 3.05) is 5.73 Å². The third kappa shape index (κ3) is 1.30. The predicted octanol–water partition coefficient (Wildman–Crippen LogP) is 0.482. The normalized spacial score (nSPS) is 16.9. The Morgan fingerprint density at radius 1 is 1.33 bits per heavy atom. The molecular weight excluding hydrogens is 218 g/mol. The molecule has 0 saturated heterocycles. The molecule has 0 bridgehead atoms. The van der Waals surface area contributed by atoms with Gasteiger partial charge in [0, 0.05) is 11.3 Å². The summed E-state index contributed by atoms with van der Waals surface area (Å²) in [7, 11) is -3.65. The number of nitrogens with two attached hydrogens (primary N) is 1. The SMILES string of the molecule is Nc1cccc2c1C(C(=O)O)=CS2(=O)=O. The Morgan fingerprint density at radius 3 is 2.60 bits per heavy atom. The van der Waals surface area contributed by atoms with Crippen molar-refractivity contribution in [2.45, 2.75) is 4.90 Å². The average Bonchev–Trinajstić information content (AvgIpc) is 2.40. The van der Waals surface area contributed by atoms with E-state index in [0.29, 0.717) is 0 Å². The van der Waals surface area contributed by atoms with Crippen LogP contribution in [0.25, 0.3) is 5.57 Å². The van der Waals surface area contributed by atoms with Crippen LogP contribution in [0.4, 0.5) is 5.69 Å². The number of carboxylic acids is 1. The van der Waals surface area contributed by atoms with Crippen LogP contribution in [0.2, 0.25) is 0 Å². The fourth-order valence-corrected chi connectivity index (χ4v) is 2.94. The molecule has 2 rings (SSSR count). The second-order valence-corrected chi connectivity index (χ2v) is 4.87. The largest absolute Gasteiger partial charge is 0.478 e. The van der Waals surface area contributed by atoms with Gasteiger partial charge in [-0.15, -0.1) is 0 Å². The summed E-state index contributed by atoms with van der Waals surface area (Å²) in [6, 6.07) is 4.29. The molecule has 1 aromatic rings. The van der Waals surface area contributed by atoms with Gasteiger partial charge in [-0.25, -0.2) is 13.2 Å². The lowest BCUT2D eigenvalue weighted by Crippen LogP contribution is -2.01. The van der Waals surface area contributed by atoms with E-state index in [1.807, 2.05) is 0 Å². The summed E-state index contributed by atoms with van der Waals surface area (Å²) >= 11 is 0. The number of sulfone groups is 1. The molecule has 1 heterocycles. The van der Waals surface area contributed by atoms with Gasteiger partial charge >= 0.3 is 5.97 Å². The molecule has 6 heteroatoms. The fraction of sp³-hybridized carbons (Fsp3) is 0. The van der Waals surface area contributed by atoms with Crippen molar-refractivity contribution in [3.63, 3.8) is 0 Å². The van der Waals surface area contributed by atoms with Crippen LogP contribution in [-0.4, -0.2) is 19.5 Å². The minimum atomic E-state index is -3.65. The van der Waals surface area contributed by atoms with Gasteiger partial charge in [0.25, 0.3) is 0 Å². The molecule has 3 N–H and O–H groups in total. The highest BCUT2D eigenvalue weighted by Gasteiger charge is 2.31. The lowest BCUT2D eigenvalue weighted by atomic mass is 10.1.